The molecule has 3 nitrogen and oxygen atoms in total. The standard InChI is InChI=1S/C12H16ClNO2S/c13-9-5-6-10(14)11(8-9)17-7-3-1-2-4-12(15)16/h5-6,8H,1-4,7,14H2,(H,15,16). The fourth-order valence-electron chi connectivity index (χ4n) is 1.37. The number of carbonyl (C=O) groups is 1. The maximum absolute atomic E-state index is 10.3. The van der Waals surface area contributed by atoms with E-state index in [0.29, 0.717) is 5.02 Å². The molecule has 1 rings (SSSR count). The number of aliphatic carboxylic acids is 1. The van der Waals surface area contributed by atoms with Crippen LogP contribution in [0, 0.1) is 0 Å². The molecule has 0 aliphatic rings. The fourth-order valence-corrected chi connectivity index (χ4v) is 2.62. The van der Waals surface area contributed by atoms with E-state index < -0.39 is 5.97 Å². The Hall–Kier alpha value is -0.870. The molecule has 17 heavy (non-hydrogen) atoms. The number of hydrogen-bond donors (Lipinski definition) is 2. The molecule has 1 aromatic carbocycles. The Morgan fingerprint density at radius 3 is 2.82 bits per heavy atom. The molecule has 1 aromatic rings. The SMILES string of the molecule is Nc1ccc(Cl)cc1SCCCCCC(=O)O. The van der Waals surface area contributed by atoms with Crippen LogP contribution in [0.15, 0.2) is 23.1 Å². The molecule has 0 saturated carbocycles. The maximum Gasteiger partial charge on any atom is 0.303 e. The van der Waals surface area contributed by atoms with Crippen LogP contribution in [0.2, 0.25) is 5.02 Å². The van der Waals surface area contributed by atoms with E-state index in [4.69, 9.17) is 22.4 Å². The summed E-state index contributed by atoms with van der Waals surface area (Å²) in [6, 6.07) is 5.43. The lowest BCUT2D eigenvalue weighted by atomic mass is 10.2. The largest absolute Gasteiger partial charge is 0.481 e. The molecule has 0 aliphatic heterocycles. The van der Waals surface area contributed by atoms with Gasteiger partial charge < -0.3 is 10.8 Å². The van der Waals surface area contributed by atoms with Crippen molar-refractivity contribution in [2.45, 2.75) is 30.6 Å². The maximum atomic E-state index is 10.3. The third-order valence-corrected chi connectivity index (χ3v) is 3.66. The zero-order valence-corrected chi connectivity index (χ0v) is 11.1. The summed E-state index contributed by atoms with van der Waals surface area (Å²) in [6.45, 7) is 0. The van der Waals surface area contributed by atoms with Crippen LogP contribution in [-0.2, 0) is 4.79 Å². The van der Waals surface area contributed by atoms with Crippen LogP contribution in [0.4, 0.5) is 5.69 Å². The van der Waals surface area contributed by atoms with Crippen molar-refractivity contribution in [3.63, 3.8) is 0 Å². The molecule has 5 heteroatoms. The van der Waals surface area contributed by atoms with Gasteiger partial charge in [0.2, 0.25) is 0 Å². The number of unbranched alkanes of at least 4 members (excludes halogenated alkanes) is 2. The second kappa shape index (κ2) is 7.45. The molecule has 0 aliphatic carbocycles. The van der Waals surface area contributed by atoms with Gasteiger partial charge in [0.05, 0.1) is 0 Å². The topological polar surface area (TPSA) is 63.3 Å². The Balaban J connectivity index is 2.22. The Labute approximate surface area is 110 Å². The summed E-state index contributed by atoms with van der Waals surface area (Å²) < 4.78 is 0. The van der Waals surface area contributed by atoms with E-state index in [9.17, 15) is 4.79 Å². The first kappa shape index (κ1) is 14.2. The highest BCUT2D eigenvalue weighted by atomic mass is 35.5. The lowest BCUT2D eigenvalue weighted by molar-refractivity contribution is -0.137. The van der Waals surface area contributed by atoms with E-state index in [1.54, 1.807) is 23.9 Å². The minimum atomic E-state index is -0.725. The van der Waals surface area contributed by atoms with Crippen LogP contribution in [0.5, 0.6) is 0 Å². The molecule has 0 unspecified atom stereocenters. The van der Waals surface area contributed by atoms with Gasteiger partial charge in [-0.3, -0.25) is 4.79 Å². The van der Waals surface area contributed by atoms with Crippen molar-refractivity contribution in [1.29, 1.82) is 0 Å². The van der Waals surface area contributed by atoms with Gasteiger partial charge in [-0.2, -0.15) is 0 Å². The molecular weight excluding hydrogens is 258 g/mol. The zero-order chi connectivity index (χ0) is 12.7. The molecule has 94 valence electrons. The second-order valence-electron chi connectivity index (χ2n) is 3.74. The molecule has 0 atom stereocenters. The van der Waals surface area contributed by atoms with Gasteiger partial charge in [-0.25, -0.2) is 0 Å². The van der Waals surface area contributed by atoms with E-state index in [2.05, 4.69) is 0 Å². The van der Waals surface area contributed by atoms with Crippen molar-refractivity contribution in [2.75, 3.05) is 11.5 Å². The molecule has 0 heterocycles. The number of nitrogen functional groups attached to an aromatic ring is 1. The average Bonchev–Trinajstić information content (AvgIpc) is 2.27. The first-order chi connectivity index (χ1) is 8.09. The lowest BCUT2D eigenvalue weighted by Gasteiger charge is -2.05. The van der Waals surface area contributed by atoms with Crippen LogP contribution in [0.1, 0.15) is 25.7 Å². The predicted molar refractivity (Wildman–Crippen MR) is 72.7 cm³/mol. The number of nitrogens with two attached hydrogens (primary N) is 1. The summed E-state index contributed by atoms with van der Waals surface area (Å²) in [4.78, 5) is 11.3. The van der Waals surface area contributed by atoms with Gasteiger partial charge >= 0.3 is 5.97 Å². The van der Waals surface area contributed by atoms with Crippen LogP contribution in [-0.4, -0.2) is 16.8 Å². The highest BCUT2D eigenvalue weighted by Crippen LogP contribution is 2.28. The molecule has 3 N–H and O–H groups in total. The number of carboxylic acid groups (broad SMARTS) is 1. The quantitative estimate of drug-likeness (QED) is 0.452. The van der Waals surface area contributed by atoms with Crippen molar-refractivity contribution < 1.29 is 9.90 Å². The van der Waals surface area contributed by atoms with Crippen molar-refractivity contribution in [2.24, 2.45) is 0 Å². The highest BCUT2D eigenvalue weighted by Gasteiger charge is 2.01. The Bertz CT molecular complexity index is 385. The van der Waals surface area contributed by atoms with Gasteiger partial charge in [-0.05, 0) is 36.8 Å². The number of benzene rings is 1. The van der Waals surface area contributed by atoms with Gasteiger partial charge in [0, 0.05) is 22.0 Å². The third kappa shape index (κ3) is 5.84. The number of thioether (sulfide) groups is 1. The van der Waals surface area contributed by atoms with Gasteiger partial charge in [0.1, 0.15) is 0 Å². The smallest absolute Gasteiger partial charge is 0.303 e. The van der Waals surface area contributed by atoms with E-state index in [1.165, 1.54) is 0 Å². The van der Waals surface area contributed by atoms with Crippen LogP contribution >= 0.6 is 23.4 Å². The van der Waals surface area contributed by atoms with Crippen LogP contribution in [0.25, 0.3) is 0 Å². The Morgan fingerprint density at radius 1 is 1.35 bits per heavy atom. The van der Waals surface area contributed by atoms with Gasteiger partial charge in [0.25, 0.3) is 0 Å². The van der Waals surface area contributed by atoms with Gasteiger partial charge in [0.15, 0.2) is 0 Å². The van der Waals surface area contributed by atoms with Crippen molar-refractivity contribution in [1.82, 2.24) is 0 Å². The van der Waals surface area contributed by atoms with Crippen molar-refractivity contribution >= 4 is 35.0 Å². The third-order valence-electron chi connectivity index (χ3n) is 2.27. The van der Waals surface area contributed by atoms with E-state index >= 15 is 0 Å². The van der Waals surface area contributed by atoms with Crippen molar-refractivity contribution in [3.05, 3.63) is 23.2 Å². The Kier molecular flexibility index (Phi) is 6.22. The molecular formula is C12H16ClNO2S. The van der Waals surface area contributed by atoms with Gasteiger partial charge in [-0.15, -0.1) is 11.8 Å². The minimum absolute atomic E-state index is 0.254. The summed E-state index contributed by atoms with van der Waals surface area (Å²) in [5.74, 6) is 0.209. The monoisotopic (exact) mass is 273 g/mol. The first-order valence-electron chi connectivity index (χ1n) is 5.49. The van der Waals surface area contributed by atoms with Crippen LogP contribution < -0.4 is 5.73 Å². The molecule has 0 aromatic heterocycles. The summed E-state index contributed by atoms with van der Waals surface area (Å²) >= 11 is 7.54. The molecule has 0 spiro atoms. The number of carboxylic acids is 1. The number of hydrogen-bond acceptors (Lipinski definition) is 3. The predicted octanol–water partition coefficient (Wildman–Crippen LogP) is 3.66. The molecule has 0 fully saturated rings. The molecule has 0 bridgehead atoms. The highest BCUT2D eigenvalue weighted by molar-refractivity contribution is 7.99. The number of rotatable bonds is 7. The van der Waals surface area contributed by atoms with Crippen molar-refractivity contribution in [3.8, 4) is 0 Å². The molecule has 0 saturated heterocycles. The minimum Gasteiger partial charge on any atom is -0.481 e. The number of anilines is 1. The molecule has 0 amide bonds. The summed E-state index contributed by atoms with van der Waals surface area (Å²) in [5, 5.41) is 9.17. The van der Waals surface area contributed by atoms with E-state index in [-0.39, 0.29) is 6.42 Å². The van der Waals surface area contributed by atoms with E-state index in [0.717, 1.165) is 35.6 Å². The summed E-state index contributed by atoms with van der Waals surface area (Å²) in [7, 11) is 0. The Morgan fingerprint density at radius 2 is 2.12 bits per heavy atom. The lowest BCUT2D eigenvalue weighted by Crippen LogP contribution is -1.94. The second-order valence-corrected chi connectivity index (χ2v) is 5.31. The van der Waals surface area contributed by atoms with E-state index in [1.807, 2.05) is 6.07 Å². The average molecular weight is 274 g/mol. The summed E-state index contributed by atoms with van der Waals surface area (Å²) in [6.07, 6.45) is 2.91. The number of halogens is 1. The first-order valence-corrected chi connectivity index (χ1v) is 6.85. The normalized spacial score (nSPS) is 10.4. The van der Waals surface area contributed by atoms with Crippen LogP contribution in [0.3, 0.4) is 0 Å². The summed E-state index contributed by atoms with van der Waals surface area (Å²) in [5.41, 5.74) is 6.55. The van der Waals surface area contributed by atoms with Gasteiger partial charge in [-0.1, -0.05) is 18.0 Å². The fraction of sp³-hybridized carbons (Fsp3) is 0.417. The molecule has 0 radical (unpaired) electrons. The zero-order valence-electron chi connectivity index (χ0n) is 9.49.